The maximum Gasteiger partial charge on any atom is 0.219 e. The first-order valence-corrected chi connectivity index (χ1v) is 6.48. The smallest absolute Gasteiger partial charge is 0.219 e. The van der Waals surface area contributed by atoms with E-state index in [1.54, 1.807) is 11.8 Å². The van der Waals surface area contributed by atoms with Gasteiger partial charge >= 0.3 is 0 Å². The molecule has 2 atom stereocenters. The molecule has 1 aliphatic heterocycles. The maximum absolute atomic E-state index is 15.1. The van der Waals surface area contributed by atoms with Crippen molar-refractivity contribution < 1.29 is 13.6 Å². The Morgan fingerprint density at radius 3 is 2.89 bits per heavy atom. The van der Waals surface area contributed by atoms with Crippen molar-refractivity contribution in [3.63, 3.8) is 0 Å². The van der Waals surface area contributed by atoms with E-state index in [1.807, 2.05) is 0 Å². The first-order valence-electron chi connectivity index (χ1n) is 6.10. The molecule has 0 aliphatic carbocycles. The van der Waals surface area contributed by atoms with Crippen molar-refractivity contribution in [2.75, 3.05) is 13.1 Å². The van der Waals surface area contributed by atoms with Crippen molar-refractivity contribution in [3.05, 3.63) is 28.8 Å². The Kier molecular flexibility index (Phi) is 3.76. The van der Waals surface area contributed by atoms with Gasteiger partial charge in [0.2, 0.25) is 11.9 Å². The summed E-state index contributed by atoms with van der Waals surface area (Å²) in [6.07, 6.45) is 1.20. The van der Waals surface area contributed by atoms with Crippen LogP contribution in [0.4, 0.5) is 8.78 Å². The molecule has 1 saturated heterocycles. The van der Waals surface area contributed by atoms with E-state index >= 15 is 4.39 Å². The molecule has 104 valence electrons. The third kappa shape index (κ3) is 2.56. The molecule has 1 aliphatic rings. The normalized spacial score (nSPS) is 27.4. The van der Waals surface area contributed by atoms with E-state index in [9.17, 15) is 9.18 Å². The molecule has 0 spiro atoms. The number of nitrogens with zero attached hydrogens (tertiary/aromatic N) is 2. The number of likely N-dealkylation sites (tertiary alicyclic amines) is 1. The van der Waals surface area contributed by atoms with Gasteiger partial charge < -0.3 is 4.90 Å². The molecule has 2 unspecified atom stereocenters. The van der Waals surface area contributed by atoms with Gasteiger partial charge in [-0.15, -0.1) is 0 Å². The van der Waals surface area contributed by atoms with Gasteiger partial charge in [-0.1, -0.05) is 18.5 Å². The van der Waals surface area contributed by atoms with Crippen molar-refractivity contribution in [2.45, 2.75) is 25.9 Å². The van der Waals surface area contributed by atoms with Gasteiger partial charge in [0.15, 0.2) is 0 Å². The van der Waals surface area contributed by atoms with Crippen molar-refractivity contribution in [3.8, 4) is 0 Å². The largest absolute Gasteiger partial charge is 0.342 e. The Labute approximate surface area is 115 Å². The number of piperidine rings is 1. The zero-order valence-electron chi connectivity index (χ0n) is 10.8. The second-order valence-electron chi connectivity index (χ2n) is 4.97. The standard InChI is InChI=1S/C13H15ClF2N2O/c1-8-7-18(9(2)19)4-3-13(8,16)11-5-10(14)6-17-12(11)15/h5-6,8H,3-4,7H2,1-2H3. The molecule has 0 saturated carbocycles. The molecule has 2 heterocycles. The number of aromatic nitrogens is 1. The van der Waals surface area contributed by atoms with Crippen LogP contribution in [-0.2, 0) is 10.5 Å². The molecule has 19 heavy (non-hydrogen) atoms. The monoisotopic (exact) mass is 288 g/mol. The topological polar surface area (TPSA) is 33.2 Å². The average Bonchev–Trinajstić information content (AvgIpc) is 2.35. The number of alkyl halides is 1. The van der Waals surface area contributed by atoms with Crippen molar-refractivity contribution in [1.82, 2.24) is 9.88 Å². The maximum atomic E-state index is 15.1. The lowest BCUT2D eigenvalue weighted by Gasteiger charge is -2.41. The van der Waals surface area contributed by atoms with Crippen LogP contribution in [0.25, 0.3) is 0 Å². The third-order valence-corrected chi connectivity index (χ3v) is 3.93. The van der Waals surface area contributed by atoms with E-state index in [0.717, 1.165) is 6.20 Å². The molecular weight excluding hydrogens is 274 g/mol. The van der Waals surface area contributed by atoms with Crippen LogP contribution in [0.5, 0.6) is 0 Å². The molecule has 2 rings (SSSR count). The quantitative estimate of drug-likeness (QED) is 0.745. The number of carbonyl (C=O) groups is 1. The summed E-state index contributed by atoms with van der Waals surface area (Å²) in [5.74, 6) is -1.45. The number of carbonyl (C=O) groups excluding carboxylic acids is 1. The summed E-state index contributed by atoms with van der Waals surface area (Å²) < 4.78 is 28.8. The van der Waals surface area contributed by atoms with Gasteiger partial charge in [-0.05, 0) is 6.07 Å². The van der Waals surface area contributed by atoms with Gasteiger partial charge in [-0.3, -0.25) is 4.79 Å². The highest BCUT2D eigenvalue weighted by Gasteiger charge is 2.45. The zero-order valence-corrected chi connectivity index (χ0v) is 11.5. The van der Waals surface area contributed by atoms with Crippen LogP contribution >= 0.6 is 11.6 Å². The molecular formula is C13H15ClF2N2O. The summed E-state index contributed by atoms with van der Waals surface area (Å²) in [6, 6.07) is 1.28. The molecule has 1 amide bonds. The van der Waals surface area contributed by atoms with Crippen LogP contribution in [0.2, 0.25) is 5.02 Å². The molecule has 6 heteroatoms. The number of pyridine rings is 1. The highest BCUT2D eigenvalue weighted by Crippen LogP contribution is 2.42. The van der Waals surface area contributed by atoms with Crippen molar-refractivity contribution in [2.24, 2.45) is 5.92 Å². The first-order chi connectivity index (χ1) is 8.84. The lowest BCUT2D eigenvalue weighted by Crippen LogP contribution is -2.48. The fourth-order valence-corrected chi connectivity index (χ4v) is 2.67. The number of hydrogen-bond donors (Lipinski definition) is 0. The van der Waals surface area contributed by atoms with Crippen molar-refractivity contribution >= 4 is 17.5 Å². The van der Waals surface area contributed by atoms with Crippen LogP contribution in [0.3, 0.4) is 0 Å². The van der Waals surface area contributed by atoms with Gasteiger partial charge in [-0.25, -0.2) is 9.37 Å². The molecule has 0 aromatic carbocycles. The summed E-state index contributed by atoms with van der Waals surface area (Å²) in [6.45, 7) is 3.63. The van der Waals surface area contributed by atoms with Crippen LogP contribution in [0.1, 0.15) is 25.8 Å². The van der Waals surface area contributed by atoms with E-state index < -0.39 is 17.5 Å². The lowest BCUT2D eigenvalue weighted by atomic mass is 9.79. The average molecular weight is 289 g/mol. The van der Waals surface area contributed by atoms with Gasteiger partial charge in [0, 0.05) is 44.1 Å². The fourth-order valence-electron chi connectivity index (χ4n) is 2.51. The summed E-state index contributed by atoms with van der Waals surface area (Å²) in [5, 5.41) is 0.203. The van der Waals surface area contributed by atoms with E-state index in [-0.39, 0.29) is 36.0 Å². The highest BCUT2D eigenvalue weighted by molar-refractivity contribution is 6.30. The Balaban J connectivity index is 2.33. The molecule has 1 aromatic rings. The Morgan fingerprint density at radius 1 is 1.63 bits per heavy atom. The molecule has 0 radical (unpaired) electrons. The summed E-state index contributed by atoms with van der Waals surface area (Å²) in [4.78, 5) is 16.3. The predicted molar refractivity (Wildman–Crippen MR) is 68.0 cm³/mol. The zero-order chi connectivity index (χ0) is 14.2. The van der Waals surface area contributed by atoms with Crippen LogP contribution < -0.4 is 0 Å². The molecule has 1 aromatic heterocycles. The number of rotatable bonds is 1. The Hall–Kier alpha value is -1.23. The second kappa shape index (κ2) is 5.04. The highest BCUT2D eigenvalue weighted by atomic mass is 35.5. The van der Waals surface area contributed by atoms with E-state index in [1.165, 1.54) is 13.0 Å². The van der Waals surface area contributed by atoms with Gasteiger partial charge in [0.05, 0.1) is 5.02 Å². The number of amides is 1. The first kappa shape index (κ1) is 14.2. The minimum absolute atomic E-state index is 0.0483. The third-order valence-electron chi connectivity index (χ3n) is 3.72. The van der Waals surface area contributed by atoms with Gasteiger partial charge in [0.1, 0.15) is 5.67 Å². The number of halogens is 3. The minimum Gasteiger partial charge on any atom is -0.342 e. The van der Waals surface area contributed by atoms with Crippen LogP contribution in [0, 0.1) is 11.9 Å². The lowest BCUT2D eigenvalue weighted by molar-refractivity contribution is -0.133. The van der Waals surface area contributed by atoms with E-state index in [4.69, 9.17) is 11.6 Å². The van der Waals surface area contributed by atoms with Crippen LogP contribution in [0.15, 0.2) is 12.3 Å². The van der Waals surface area contributed by atoms with Gasteiger partial charge in [-0.2, -0.15) is 4.39 Å². The van der Waals surface area contributed by atoms with Crippen molar-refractivity contribution in [1.29, 1.82) is 0 Å². The Morgan fingerprint density at radius 2 is 2.32 bits per heavy atom. The summed E-state index contributed by atoms with van der Waals surface area (Å²) >= 11 is 5.76. The second-order valence-corrected chi connectivity index (χ2v) is 5.41. The number of hydrogen-bond acceptors (Lipinski definition) is 2. The Bertz CT molecular complexity index is 511. The fraction of sp³-hybridized carbons (Fsp3) is 0.538. The predicted octanol–water partition coefficient (Wildman–Crippen LogP) is 2.93. The molecule has 0 N–H and O–H groups in total. The van der Waals surface area contributed by atoms with Gasteiger partial charge in [0.25, 0.3) is 0 Å². The van der Waals surface area contributed by atoms with E-state index in [0.29, 0.717) is 0 Å². The molecule has 3 nitrogen and oxygen atoms in total. The van der Waals surface area contributed by atoms with Crippen LogP contribution in [-0.4, -0.2) is 28.9 Å². The van der Waals surface area contributed by atoms with E-state index in [2.05, 4.69) is 4.98 Å². The SMILES string of the molecule is CC(=O)N1CCC(F)(c2cc(Cl)cnc2F)C(C)C1. The summed E-state index contributed by atoms with van der Waals surface area (Å²) in [7, 11) is 0. The molecule has 1 fully saturated rings. The summed E-state index contributed by atoms with van der Waals surface area (Å²) in [5.41, 5.74) is -1.95. The minimum atomic E-state index is -1.84. The molecule has 0 bridgehead atoms.